The Bertz CT molecular complexity index is 511. The maximum absolute atomic E-state index is 11.6. The highest BCUT2D eigenvalue weighted by molar-refractivity contribution is 5.87. The summed E-state index contributed by atoms with van der Waals surface area (Å²) in [6.07, 6.45) is 2.04. The molecule has 1 aliphatic rings. The summed E-state index contributed by atoms with van der Waals surface area (Å²) in [5, 5.41) is 2.94. The van der Waals surface area contributed by atoms with Gasteiger partial charge in [0.1, 0.15) is 11.4 Å². The molecule has 0 saturated carbocycles. The Morgan fingerprint density at radius 1 is 1.50 bits per heavy atom. The lowest BCUT2D eigenvalue weighted by atomic mass is 9.98. The Labute approximate surface area is 105 Å². The quantitative estimate of drug-likeness (QED) is 0.606. The van der Waals surface area contributed by atoms with Gasteiger partial charge >= 0.3 is 0 Å². The van der Waals surface area contributed by atoms with Gasteiger partial charge in [0.25, 0.3) is 0 Å². The number of benzene rings is 1. The zero-order valence-electron chi connectivity index (χ0n) is 10.2. The molecule has 0 bridgehead atoms. The van der Waals surface area contributed by atoms with Gasteiger partial charge in [-0.15, -0.1) is 4.91 Å². The first-order chi connectivity index (χ1) is 8.69. The first kappa shape index (κ1) is 12.3. The first-order valence-electron chi connectivity index (χ1n) is 5.64. The summed E-state index contributed by atoms with van der Waals surface area (Å²) in [5.74, 6) is 0.379. The maximum atomic E-state index is 11.6. The fourth-order valence-electron chi connectivity index (χ4n) is 2.13. The molecule has 0 spiro atoms. The summed E-state index contributed by atoms with van der Waals surface area (Å²) < 4.78 is 5.11. The van der Waals surface area contributed by atoms with E-state index in [2.05, 4.69) is 11.8 Å². The van der Waals surface area contributed by atoms with Gasteiger partial charge in [0, 0.05) is 13.1 Å². The molecule has 1 heterocycles. The lowest BCUT2D eigenvalue weighted by Crippen LogP contribution is -2.34. The van der Waals surface area contributed by atoms with E-state index in [1.807, 2.05) is 6.07 Å². The number of fused-ring (bicyclic) bond motifs is 1. The molecule has 1 aromatic rings. The molecule has 0 aliphatic carbocycles. The third kappa shape index (κ3) is 2.11. The van der Waals surface area contributed by atoms with Crippen LogP contribution in [-0.2, 0) is 17.8 Å². The number of hydrogen-bond donors (Lipinski definition) is 0. The van der Waals surface area contributed by atoms with Crippen LogP contribution in [0, 0.1) is 4.91 Å². The van der Waals surface area contributed by atoms with Crippen LogP contribution in [0.15, 0.2) is 30.0 Å². The minimum atomic E-state index is -0.0999. The van der Waals surface area contributed by atoms with Crippen LogP contribution in [0.1, 0.15) is 11.1 Å². The molecular weight excluding hydrogens is 232 g/mol. The molecule has 1 aromatic carbocycles. The molecule has 0 radical (unpaired) electrons. The van der Waals surface area contributed by atoms with E-state index in [1.54, 1.807) is 11.0 Å². The number of nitrogens with zero attached hydrogens (tertiary/aromatic N) is 2. The van der Waals surface area contributed by atoms with Crippen molar-refractivity contribution in [3.8, 4) is 5.75 Å². The molecular formula is C13H14N2O3. The van der Waals surface area contributed by atoms with Gasteiger partial charge in [-0.25, -0.2) is 0 Å². The molecule has 0 atom stereocenters. The van der Waals surface area contributed by atoms with Gasteiger partial charge in [-0.05, 0) is 40.9 Å². The van der Waals surface area contributed by atoms with Gasteiger partial charge in [0.05, 0.1) is 7.11 Å². The number of nitroso groups, excluding NO2 is 1. The van der Waals surface area contributed by atoms with Gasteiger partial charge in [-0.3, -0.25) is 4.79 Å². The lowest BCUT2D eigenvalue weighted by molar-refractivity contribution is -0.126. The second-order valence-corrected chi connectivity index (χ2v) is 4.10. The van der Waals surface area contributed by atoms with Crippen molar-refractivity contribution in [2.75, 3.05) is 13.7 Å². The van der Waals surface area contributed by atoms with Crippen LogP contribution in [-0.4, -0.2) is 24.5 Å². The molecule has 1 aliphatic heterocycles. The zero-order chi connectivity index (χ0) is 13.1. The van der Waals surface area contributed by atoms with Crippen molar-refractivity contribution >= 4 is 11.6 Å². The van der Waals surface area contributed by atoms with Gasteiger partial charge in [0.2, 0.25) is 5.91 Å². The largest absolute Gasteiger partial charge is 0.494 e. The van der Waals surface area contributed by atoms with Crippen LogP contribution in [0.4, 0.5) is 5.69 Å². The number of ether oxygens (including phenoxy) is 1. The van der Waals surface area contributed by atoms with Crippen molar-refractivity contribution in [2.45, 2.75) is 13.0 Å². The monoisotopic (exact) mass is 246 g/mol. The number of methoxy groups -OCH3 is 1. The molecule has 0 unspecified atom stereocenters. The van der Waals surface area contributed by atoms with E-state index in [0.717, 1.165) is 17.5 Å². The predicted octanol–water partition coefficient (Wildman–Crippen LogP) is 2.16. The number of amides is 1. The van der Waals surface area contributed by atoms with Crippen LogP contribution in [0.2, 0.25) is 0 Å². The fourth-order valence-corrected chi connectivity index (χ4v) is 2.13. The summed E-state index contributed by atoms with van der Waals surface area (Å²) >= 11 is 0. The average Bonchev–Trinajstić information content (AvgIpc) is 2.44. The molecule has 0 saturated heterocycles. The van der Waals surface area contributed by atoms with E-state index in [4.69, 9.17) is 4.74 Å². The van der Waals surface area contributed by atoms with Gasteiger partial charge in [0.15, 0.2) is 0 Å². The molecule has 94 valence electrons. The summed E-state index contributed by atoms with van der Waals surface area (Å²) in [7, 11) is 1.51. The minimum absolute atomic E-state index is 0.0999. The Hall–Kier alpha value is -2.17. The van der Waals surface area contributed by atoms with E-state index in [-0.39, 0.29) is 11.6 Å². The van der Waals surface area contributed by atoms with Crippen LogP contribution < -0.4 is 4.74 Å². The van der Waals surface area contributed by atoms with E-state index < -0.39 is 0 Å². The van der Waals surface area contributed by atoms with E-state index >= 15 is 0 Å². The van der Waals surface area contributed by atoms with Crippen LogP contribution in [0.5, 0.6) is 5.75 Å². The van der Waals surface area contributed by atoms with Crippen LogP contribution >= 0.6 is 0 Å². The normalized spacial score (nSPS) is 13.7. The van der Waals surface area contributed by atoms with Gasteiger partial charge in [-0.2, -0.15) is 0 Å². The molecule has 0 aromatic heterocycles. The average molecular weight is 246 g/mol. The number of rotatable bonds is 3. The molecule has 18 heavy (non-hydrogen) atoms. The second-order valence-electron chi connectivity index (χ2n) is 4.10. The molecule has 0 fully saturated rings. The summed E-state index contributed by atoms with van der Waals surface area (Å²) in [4.78, 5) is 24.0. The Balaban J connectivity index is 2.35. The highest BCUT2D eigenvalue weighted by atomic mass is 16.5. The highest BCUT2D eigenvalue weighted by Crippen LogP contribution is 2.33. The Morgan fingerprint density at radius 2 is 2.28 bits per heavy atom. The summed E-state index contributed by atoms with van der Waals surface area (Å²) in [6, 6.07) is 3.51. The third-order valence-corrected chi connectivity index (χ3v) is 3.10. The Kier molecular flexibility index (Phi) is 3.41. The molecule has 0 N–H and O–H groups in total. The van der Waals surface area contributed by atoms with E-state index in [1.165, 1.54) is 13.2 Å². The third-order valence-electron chi connectivity index (χ3n) is 3.10. The van der Waals surface area contributed by atoms with Crippen molar-refractivity contribution in [1.82, 2.24) is 4.90 Å². The lowest BCUT2D eigenvalue weighted by Gasteiger charge is -2.28. The van der Waals surface area contributed by atoms with Crippen molar-refractivity contribution in [2.24, 2.45) is 5.18 Å². The van der Waals surface area contributed by atoms with Crippen LogP contribution in [0.3, 0.4) is 0 Å². The standard InChI is InChI=1S/C13H14N2O3/c1-3-13(16)15-5-4-9-7-12(18-2)11(14-17)6-10(9)8-15/h3,6-7H,1,4-5,8H2,2H3. The van der Waals surface area contributed by atoms with Crippen molar-refractivity contribution in [3.63, 3.8) is 0 Å². The van der Waals surface area contributed by atoms with Crippen molar-refractivity contribution in [1.29, 1.82) is 0 Å². The summed E-state index contributed by atoms with van der Waals surface area (Å²) in [5.41, 5.74) is 2.29. The number of carbonyl (C=O) groups is 1. The zero-order valence-corrected chi connectivity index (χ0v) is 10.2. The van der Waals surface area contributed by atoms with E-state index in [0.29, 0.717) is 18.8 Å². The number of carbonyl (C=O) groups excluding carboxylic acids is 1. The Morgan fingerprint density at radius 3 is 2.89 bits per heavy atom. The van der Waals surface area contributed by atoms with Crippen LogP contribution in [0.25, 0.3) is 0 Å². The minimum Gasteiger partial charge on any atom is -0.494 e. The van der Waals surface area contributed by atoms with Gasteiger partial charge in [-0.1, -0.05) is 6.58 Å². The summed E-state index contributed by atoms with van der Waals surface area (Å²) in [6.45, 7) is 4.60. The molecule has 2 rings (SSSR count). The van der Waals surface area contributed by atoms with E-state index in [9.17, 15) is 9.70 Å². The topological polar surface area (TPSA) is 59.0 Å². The molecule has 5 heteroatoms. The smallest absolute Gasteiger partial charge is 0.246 e. The molecule has 1 amide bonds. The maximum Gasteiger partial charge on any atom is 0.246 e. The predicted molar refractivity (Wildman–Crippen MR) is 67.8 cm³/mol. The SMILES string of the molecule is C=CC(=O)N1CCc2cc(OC)c(N=O)cc2C1. The number of hydrogen-bond acceptors (Lipinski definition) is 4. The highest BCUT2D eigenvalue weighted by Gasteiger charge is 2.21. The van der Waals surface area contributed by atoms with Crippen molar-refractivity contribution in [3.05, 3.63) is 40.8 Å². The first-order valence-corrected chi connectivity index (χ1v) is 5.64. The fraction of sp³-hybridized carbons (Fsp3) is 0.308. The second kappa shape index (κ2) is 5.00. The van der Waals surface area contributed by atoms with Gasteiger partial charge < -0.3 is 9.64 Å². The van der Waals surface area contributed by atoms with Crippen molar-refractivity contribution < 1.29 is 9.53 Å². The molecule has 5 nitrogen and oxygen atoms in total.